The quantitative estimate of drug-likeness (QED) is 0.337. The number of ether oxygens (including phenoxy) is 4. The van der Waals surface area contributed by atoms with Crippen molar-refractivity contribution >= 4 is 0 Å². The molecule has 0 unspecified atom stereocenters. The third kappa shape index (κ3) is 4.87. The van der Waals surface area contributed by atoms with E-state index in [0.717, 1.165) is 16.7 Å². The van der Waals surface area contributed by atoms with Crippen LogP contribution in [-0.4, -0.2) is 47.7 Å². The summed E-state index contributed by atoms with van der Waals surface area (Å²) in [7, 11) is 3.19. The average Bonchev–Trinajstić information content (AvgIpc) is 3.33. The standard InChI is InChI=1S/C30H30N2O7/c1-19-17-32(29(35)31-27(19)34)28-26(25(33)18-38-28)39-30(20-7-5-4-6-8-20,21-9-13-23(36-2)14-10-21)22-11-15-24(37-3)16-12-22/h4-17,25-26,28,33H,18H2,1-3H3,(H,31,34,35)/t25-,26+,28+/m0/s1. The van der Waals surface area contributed by atoms with Crippen LogP contribution in [0.1, 0.15) is 28.5 Å². The van der Waals surface area contributed by atoms with E-state index in [4.69, 9.17) is 18.9 Å². The first kappa shape index (κ1) is 26.4. The van der Waals surface area contributed by atoms with E-state index in [1.165, 1.54) is 10.8 Å². The summed E-state index contributed by atoms with van der Waals surface area (Å²) < 4.78 is 24.9. The van der Waals surface area contributed by atoms with Crippen molar-refractivity contribution in [1.82, 2.24) is 9.55 Å². The maximum absolute atomic E-state index is 12.8. The number of H-pyrrole nitrogens is 1. The van der Waals surface area contributed by atoms with Gasteiger partial charge in [0.25, 0.3) is 5.56 Å². The summed E-state index contributed by atoms with van der Waals surface area (Å²) >= 11 is 0. The van der Waals surface area contributed by atoms with Gasteiger partial charge in [-0.1, -0.05) is 54.6 Å². The van der Waals surface area contributed by atoms with Gasteiger partial charge in [0, 0.05) is 11.8 Å². The highest BCUT2D eigenvalue weighted by atomic mass is 16.6. The van der Waals surface area contributed by atoms with Crippen molar-refractivity contribution in [3.8, 4) is 11.5 Å². The molecule has 1 aliphatic rings. The predicted octanol–water partition coefficient (Wildman–Crippen LogP) is 3.13. The molecule has 0 bridgehead atoms. The molecule has 5 rings (SSSR count). The number of hydrogen-bond acceptors (Lipinski definition) is 7. The normalized spacial score (nSPS) is 19.1. The minimum atomic E-state index is -1.24. The fourth-order valence-corrected chi connectivity index (χ4v) is 4.96. The van der Waals surface area contributed by atoms with E-state index in [1.807, 2.05) is 78.9 Å². The minimum absolute atomic E-state index is 0.0595. The van der Waals surface area contributed by atoms with E-state index in [-0.39, 0.29) is 6.61 Å². The summed E-state index contributed by atoms with van der Waals surface area (Å²) in [6.07, 6.45) is -1.63. The monoisotopic (exact) mass is 530 g/mol. The first-order valence-corrected chi connectivity index (χ1v) is 12.5. The molecule has 2 heterocycles. The molecule has 0 radical (unpaired) electrons. The molecular weight excluding hydrogens is 500 g/mol. The Hall–Kier alpha value is -4.18. The Kier molecular flexibility index (Phi) is 7.38. The van der Waals surface area contributed by atoms with E-state index in [1.54, 1.807) is 21.1 Å². The van der Waals surface area contributed by atoms with Crippen LogP contribution in [-0.2, 0) is 15.1 Å². The topological polar surface area (TPSA) is 112 Å². The van der Waals surface area contributed by atoms with E-state index >= 15 is 0 Å². The van der Waals surface area contributed by atoms with Gasteiger partial charge in [0.1, 0.15) is 29.3 Å². The number of aliphatic hydroxyl groups is 1. The van der Waals surface area contributed by atoms with Crippen molar-refractivity contribution in [2.45, 2.75) is 31.0 Å². The van der Waals surface area contributed by atoms with Crippen LogP contribution in [0.3, 0.4) is 0 Å². The Morgan fingerprint density at radius 1 is 0.872 bits per heavy atom. The molecule has 1 aromatic heterocycles. The third-order valence-electron chi connectivity index (χ3n) is 7.00. The number of aromatic amines is 1. The second-order valence-corrected chi connectivity index (χ2v) is 9.36. The maximum atomic E-state index is 12.8. The lowest BCUT2D eigenvalue weighted by Gasteiger charge is -2.40. The number of aliphatic hydroxyl groups excluding tert-OH is 1. The molecule has 9 heteroatoms. The highest BCUT2D eigenvalue weighted by Gasteiger charge is 2.47. The zero-order valence-corrected chi connectivity index (χ0v) is 21.9. The Morgan fingerprint density at radius 2 is 1.41 bits per heavy atom. The Labute approximate surface area is 225 Å². The van der Waals surface area contributed by atoms with Crippen molar-refractivity contribution in [3.63, 3.8) is 0 Å². The number of nitrogens with zero attached hydrogens (tertiary/aromatic N) is 1. The van der Waals surface area contributed by atoms with Gasteiger partial charge in [-0.05, 0) is 47.9 Å². The van der Waals surface area contributed by atoms with Crippen LogP contribution in [0.4, 0.5) is 0 Å². The lowest BCUT2D eigenvalue weighted by Crippen LogP contribution is -2.45. The van der Waals surface area contributed by atoms with E-state index in [9.17, 15) is 14.7 Å². The van der Waals surface area contributed by atoms with Gasteiger partial charge in [0.15, 0.2) is 6.23 Å². The Morgan fingerprint density at radius 3 is 1.95 bits per heavy atom. The Bertz CT molecular complexity index is 1480. The number of aryl methyl sites for hydroxylation is 1. The lowest BCUT2D eigenvalue weighted by molar-refractivity contribution is -0.123. The Balaban J connectivity index is 1.73. The number of benzene rings is 3. The molecule has 0 spiro atoms. The van der Waals surface area contributed by atoms with Gasteiger partial charge in [-0.25, -0.2) is 4.79 Å². The van der Waals surface area contributed by atoms with Gasteiger partial charge >= 0.3 is 5.69 Å². The molecule has 2 N–H and O–H groups in total. The van der Waals surface area contributed by atoms with Gasteiger partial charge in [-0.15, -0.1) is 0 Å². The van der Waals surface area contributed by atoms with Crippen molar-refractivity contribution in [2.75, 3.05) is 20.8 Å². The molecule has 4 aromatic rings. The SMILES string of the molecule is COc1ccc(C(O[C@H]2[C@H](n3cc(C)c(=O)[nH]c3=O)OC[C@@H]2O)(c2ccccc2)c2ccc(OC)cc2)cc1. The summed E-state index contributed by atoms with van der Waals surface area (Å²) in [5.74, 6) is 1.35. The van der Waals surface area contributed by atoms with Crippen LogP contribution in [0.2, 0.25) is 0 Å². The molecule has 1 aliphatic heterocycles. The molecule has 0 amide bonds. The van der Waals surface area contributed by atoms with Crippen LogP contribution in [0, 0.1) is 6.92 Å². The van der Waals surface area contributed by atoms with Crippen molar-refractivity contribution < 1.29 is 24.1 Å². The zero-order chi connectivity index (χ0) is 27.6. The summed E-state index contributed by atoms with van der Waals surface area (Å²) in [6.45, 7) is 1.54. The zero-order valence-electron chi connectivity index (χ0n) is 21.9. The fourth-order valence-electron chi connectivity index (χ4n) is 4.96. The molecule has 202 valence electrons. The second kappa shape index (κ2) is 10.9. The smallest absolute Gasteiger partial charge is 0.330 e. The number of rotatable bonds is 8. The number of aromatic nitrogens is 2. The molecule has 9 nitrogen and oxygen atoms in total. The van der Waals surface area contributed by atoms with E-state index < -0.39 is 35.3 Å². The molecule has 3 aromatic carbocycles. The summed E-state index contributed by atoms with van der Waals surface area (Å²) in [5.41, 5.74) is 0.282. The van der Waals surface area contributed by atoms with E-state index in [2.05, 4.69) is 4.98 Å². The van der Waals surface area contributed by atoms with Gasteiger partial charge < -0.3 is 24.1 Å². The second-order valence-electron chi connectivity index (χ2n) is 9.36. The molecule has 0 aliphatic carbocycles. The fraction of sp³-hybridized carbons (Fsp3) is 0.267. The van der Waals surface area contributed by atoms with Crippen LogP contribution in [0.5, 0.6) is 11.5 Å². The number of hydrogen-bond donors (Lipinski definition) is 2. The first-order chi connectivity index (χ1) is 18.9. The van der Waals surface area contributed by atoms with Crippen molar-refractivity contribution in [1.29, 1.82) is 0 Å². The van der Waals surface area contributed by atoms with Gasteiger partial charge in [0.05, 0.1) is 20.8 Å². The van der Waals surface area contributed by atoms with Crippen LogP contribution >= 0.6 is 0 Å². The van der Waals surface area contributed by atoms with Gasteiger partial charge in [-0.2, -0.15) is 0 Å². The van der Waals surface area contributed by atoms with Crippen LogP contribution in [0.15, 0.2) is 94.6 Å². The summed E-state index contributed by atoms with van der Waals surface area (Å²) in [5, 5.41) is 11.1. The molecule has 3 atom stereocenters. The maximum Gasteiger partial charge on any atom is 0.330 e. The van der Waals surface area contributed by atoms with Crippen molar-refractivity contribution in [3.05, 3.63) is 128 Å². The summed E-state index contributed by atoms with van der Waals surface area (Å²) in [4.78, 5) is 27.2. The highest BCUT2D eigenvalue weighted by Crippen LogP contribution is 2.45. The first-order valence-electron chi connectivity index (χ1n) is 12.5. The van der Waals surface area contributed by atoms with Crippen LogP contribution < -0.4 is 20.7 Å². The molecular formula is C30H30N2O7. The van der Waals surface area contributed by atoms with Gasteiger partial charge in [0.2, 0.25) is 0 Å². The molecule has 1 fully saturated rings. The van der Waals surface area contributed by atoms with Crippen LogP contribution in [0.25, 0.3) is 0 Å². The molecule has 1 saturated heterocycles. The van der Waals surface area contributed by atoms with Gasteiger partial charge in [-0.3, -0.25) is 14.3 Å². The number of nitrogens with one attached hydrogen (secondary N) is 1. The third-order valence-corrected chi connectivity index (χ3v) is 7.00. The lowest BCUT2D eigenvalue weighted by atomic mass is 9.79. The summed E-state index contributed by atoms with van der Waals surface area (Å²) in [6, 6.07) is 24.6. The average molecular weight is 531 g/mol. The number of methoxy groups -OCH3 is 2. The van der Waals surface area contributed by atoms with E-state index in [0.29, 0.717) is 17.1 Å². The molecule has 0 saturated carbocycles. The predicted molar refractivity (Wildman–Crippen MR) is 144 cm³/mol. The van der Waals surface area contributed by atoms with Crippen molar-refractivity contribution in [2.24, 2.45) is 0 Å². The minimum Gasteiger partial charge on any atom is -0.497 e. The molecule has 39 heavy (non-hydrogen) atoms. The largest absolute Gasteiger partial charge is 0.497 e. The highest BCUT2D eigenvalue weighted by molar-refractivity contribution is 5.50.